The Morgan fingerprint density at radius 3 is 2.12 bits per heavy atom. The van der Waals surface area contributed by atoms with Crippen LogP contribution in [0.3, 0.4) is 0 Å². The molecule has 0 saturated carbocycles. The standard InChI is InChI=1S/C38H47N5O6S/c1-6-50(47,48)42-32-19-30(37(45)40-27(4)29-15-11-8-12-16-29)18-31(20-32)38(46)41-35(17-28-13-9-7-10-14-28)36(44)24-43(5)33-21-34(23-39-22-33)49-25-26(2)3/h7-16,18-23,26-27,35-36,42,44H,6,17,24-25H2,1-5H3,(H,40,45)(H,41,46)/t27-,35+,36-/m1/s1. The van der Waals surface area contributed by atoms with Gasteiger partial charge < -0.3 is 25.4 Å². The number of pyridine rings is 1. The lowest BCUT2D eigenvalue weighted by atomic mass is 9.99. The van der Waals surface area contributed by atoms with Gasteiger partial charge in [0.25, 0.3) is 11.8 Å². The molecule has 3 atom stereocenters. The summed E-state index contributed by atoms with van der Waals surface area (Å²) in [5.41, 5.74) is 2.73. The molecule has 0 saturated heterocycles. The summed E-state index contributed by atoms with van der Waals surface area (Å²) in [5, 5.41) is 17.4. The number of sulfonamides is 1. The molecule has 0 aliphatic rings. The van der Waals surface area contributed by atoms with Gasteiger partial charge in [-0.25, -0.2) is 8.42 Å². The van der Waals surface area contributed by atoms with Gasteiger partial charge >= 0.3 is 0 Å². The zero-order valence-electron chi connectivity index (χ0n) is 29.2. The molecule has 266 valence electrons. The van der Waals surface area contributed by atoms with Crippen molar-refractivity contribution in [1.82, 2.24) is 15.6 Å². The number of amides is 2. The third-order valence-corrected chi connectivity index (χ3v) is 9.33. The Balaban J connectivity index is 1.60. The van der Waals surface area contributed by atoms with Crippen LogP contribution in [0.15, 0.2) is 97.3 Å². The molecule has 2 amide bonds. The van der Waals surface area contributed by atoms with Gasteiger partial charge in [-0.3, -0.25) is 19.3 Å². The van der Waals surface area contributed by atoms with E-state index in [4.69, 9.17) is 4.74 Å². The molecule has 3 aromatic carbocycles. The summed E-state index contributed by atoms with van der Waals surface area (Å²) >= 11 is 0. The molecule has 0 aliphatic heterocycles. The summed E-state index contributed by atoms with van der Waals surface area (Å²) in [4.78, 5) is 33.5. The van der Waals surface area contributed by atoms with Gasteiger partial charge in [-0.05, 0) is 55.5 Å². The first-order valence-electron chi connectivity index (χ1n) is 16.7. The summed E-state index contributed by atoms with van der Waals surface area (Å²) in [6.45, 7) is 8.13. The molecule has 1 aromatic heterocycles. The highest BCUT2D eigenvalue weighted by Gasteiger charge is 2.26. The van der Waals surface area contributed by atoms with Crippen molar-refractivity contribution < 1.29 is 27.9 Å². The van der Waals surface area contributed by atoms with Crippen LogP contribution in [-0.4, -0.2) is 68.4 Å². The highest BCUT2D eigenvalue weighted by Crippen LogP contribution is 2.22. The molecule has 0 spiro atoms. The molecule has 0 radical (unpaired) electrons. The van der Waals surface area contributed by atoms with Crippen molar-refractivity contribution in [2.75, 3.05) is 35.6 Å². The summed E-state index contributed by atoms with van der Waals surface area (Å²) < 4.78 is 33.3. The SMILES string of the molecule is CCS(=O)(=O)Nc1cc(C(=O)N[C@@H](Cc2ccccc2)[C@H](O)CN(C)c2cncc(OCC(C)C)c2)cc(C(=O)N[C@H](C)c2ccccc2)c1. The number of carbonyl (C=O) groups excluding carboxylic acids is 2. The smallest absolute Gasteiger partial charge is 0.251 e. The minimum atomic E-state index is -3.72. The van der Waals surface area contributed by atoms with Crippen LogP contribution < -0.4 is 25.0 Å². The van der Waals surface area contributed by atoms with Gasteiger partial charge in [-0.15, -0.1) is 0 Å². The molecular weight excluding hydrogens is 655 g/mol. The highest BCUT2D eigenvalue weighted by molar-refractivity contribution is 7.92. The number of nitrogens with zero attached hydrogens (tertiary/aromatic N) is 2. The number of nitrogens with one attached hydrogen (secondary N) is 3. The van der Waals surface area contributed by atoms with Crippen molar-refractivity contribution >= 4 is 33.2 Å². The van der Waals surface area contributed by atoms with E-state index in [1.54, 1.807) is 12.4 Å². The van der Waals surface area contributed by atoms with Crippen molar-refractivity contribution in [1.29, 1.82) is 0 Å². The van der Waals surface area contributed by atoms with Crippen LogP contribution in [0.5, 0.6) is 5.75 Å². The first-order valence-corrected chi connectivity index (χ1v) is 18.3. The molecule has 1 heterocycles. The minimum Gasteiger partial charge on any atom is -0.492 e. The number of carbonyl (C=O) groups is 2. The number of hydrogen-bond acceptors (Lipinski definition) is 8. The first kappa shape index (κ1) is 37.9. The predicted octanol–water partition coefficient (Wildman–Crippen LogP) is 5.21. The fourth-order valence-corrected chi connectivity index (χ4v) is 5.80. The Hall–Kier alpha value is -4.94. The molecule has 4 N–H and O–H groups in total. The molecule has 50 heavy (non-hydrogen) atoms. The fraction of sp³-hybridized carbons (Fsp3) is 0.342. The van der Waals surface area contributed by atoms with Crippen LogP contribution in [0.4, 0.5) is 11.4 Å². The van der Waals surface area contributed by atoms with Crippen molar-refractivity contribution in [2.45, 2.75) is 52.3 Å². The van der Waals surface area contributed by atoms with Crippen LogP contribution in [0.2, 0.25) is 0 Å². The van der Waals surface area contributed by atoms with E-state index in [0.29, 0.717) is 24.7 Å². The zero-order valence-corrected chi connectivity index (χ0v) is 30.0. The highest BCUT2D eigenvalue weighted by atomic mass is 32.2. The average Bonchev–Trinajstić information content (AvgIpc) is 3.10. The van der Waals surface area contributed by atoms with Crippen LogP contribution >= 0.6 is 0 Å². The molecule has 11 nitrogen and oxygen atoms in total. The number of rotatable bonds is 17. The van der Waals surface area contributed by atoms with Crippen LogP contribution in [0, 0.1) is 5.92 Å². The van der Waals surface area contributed by atoms with E-state index in [9.17, 15) is 23.1 Å². The van der Waals surface area contributed by atoms with Gasteiger partial charge in [0.05, 0.1) is 54.3 Å². The number of hydrogen-bond donors (Lipinski definition) is 4. The van der Waals surface area contributed by atoms with E-state index in [1.165, 1.54) is 25.1 Å². The topological polar surface area (TPSA) is 150 Å². The van der Waals surface area contributed by atoms with E-state index in [-0.39, 0.29) is 35.2 Å². The minimum absolute atomic E-state index is 0.0524. The number of likely N-dealkylation sites (N-methyl/N-ethyl adjacent to an activating group) is 1. The van der Waals surface area contributed by atoms with Crippen molar-refractivity contribution in [3.05, 3.63) is 120 Å². The Morgan fingerprint density at radius 1 is 0.880 bits per heavy atom. The predicted molar refractivity (Wildman–Crippen MR) is 197 cm³/mol. The number of aliphatic hydroxyl groups is 1. The Bertz CT molecular complexity index is 1820. The second-order valence-corrected chi connectivity index (χ2v) is 14.7. The van der Waals surface area contributed by atoms with Crippen LogP contribution in [0.25, 0.3) is 0 Å². The second kappa shape index (κ2) is 17.6. The van der Waals surface area contributed by atoms with Crippen LogP contribution in [0.1, 0.15) is 65.6 Å². The molecular formula is C38H47N5O6S. The number of aromatic nitrogens is 1. The van der Waals surface area contributed by atoms with E-state index in [1.807, 2.05) is 85.6 Å². The summed E-state index contributed by atoms with van der Waals surface area (Å²) in [6.07, 6.45) is 2.58. The number of aliphatic hydroxyl groups excluding tert-OH is 1. The maximum absolute atomic E-state index is 13.9. The van der Waals surface area contributed by atoms with Crippen molar-refractivity contribution in [3.63, 3.8) is 0 Å². The van der Waals surface area contributed by atoms with Gasteiger partial charge in [0, 0.05) is 30.8 Å². The normalized spacial score (nSPS) is 13.2. The summed E-state index contributed by atoms with van der Waals surface area (Å²) in [6, 6.07) is 23.8. The maximum atomic E-state index is 13.9. The van der Waals surface area contributed by atoms with Gasteiger partial charge in [-0.1, -0.05) is 74.5 Å². The van der Waals surface area contributed by atoms with E-state index < -0.39 is 34.0 Å². The van der Waals surface area contributed by atoms with Crippen LogP contribution in [-0.2, 0) is 16.4 Å². The lowest BCUT2D eigenvalue weighted by Crippen LogP contribution is -2.49. The lowest BCUT2D eigenvalue weighted by Gasteiger charge is -2.29. The van der Waals surface area contributed by atoms with E-state index in [2.05, 4.69) is 34.2 Å². The van der Waals surface area contributed by atoms with Gasteiger partial charge in [0.2, 0.25) is 10.0 Å². The summed E-state index contributed by atoms with van der Waals surface area (Å²) in [5.74, 6) is -0.304. The zero-order chi connectivity index (χ0) is 36.3. The van der Waals surface area contributed by atoms with Gasteiger partial charge in [0.1, 0.15) is 5.75 Å². The van der Waals surface area contributed by atoms with Crippen molar-refractivity contribution in [2.24, 2.45) is 5.92 Å². The number of anilines is 2. The van der Waals surface area contributed by atoms with Gasteiger partial charge in [-0.2, -0.15) is 0 Å². The van der Waals surface area contributed by atoms with Crippen molar-refractivity contribution in [3.8, 4) is 5.75 Å². The number of benzene rings is 3. The molecule has 0 bridgehead atoms. The molecule has 0 unspecified atom stereocenters. The molecule has 0 aliphatic carbocycles. The average molecular weight is 702 g/mol. The second-order valence-electron chi connectivity index (χ2n) is 12.7. The molecule has 4 aromatic rings. The monoisotopic (exact) mass is 701 g/mol. The third kappa shape index (κ3) is 11.3. The number of ether oxygens (including phenoxy) is 1. The largest absolute Gasteiger partial charge is 0.492 e. The van der Waals surface area contributed by atoms with E-state index in [0.717, 1.165) is 16.8 Å². The fourth-order valence-electron chi connectivity index (χ4n) is 5.18. The molecule has 4 rings (SSSR count). The maximum Gasteiger partial charge on any atom is 0.251 e. The molecule has 0 fully saturated rings. The Kier molecular flexibility index (Phi) is 13.4. The Labute approximate surface area is 295 Å². The first-order chi connectivity index (χ1) is 23.8. The van der Waals surface area contributed by atoms with Gasteiger partial charge in [0.15, 0.2) is 0 Å². The van der Waals surface area contributed by atoms with E-state index >= 15 is 0 Å². The summed E-state index contributed by atoms with van der Waals surface area (Å²) in [7, 11) is -1.91. The quantitative estimate of drug-likeness (QED) is 0.117. The lowest BCUT2D eigenvalue weighted by molar-refractivity contribution is 0.0843. The third-order valence-electron chi connectivity index (χ3n) is 8.02. The Morgan fingerprint density at radius 2 is 1.50 bits per heavy atom. The molecule has 12 heteroatoms.